The Bertz CT molecular complexity index is 251. The molecule has 2 amide bonds. The molecular formula is C10H16ClNO2. The molecule has 0 bridgehead atoms. The number of alkyl halides is 1. The summed E-state index contributed by atoms with van der Waals surface area (Å²) in [5.74, 6) is 0.492. The summed E-state index contributed by atoms with van der Waals surface area (Å²) in [4.78, 5) is 24.5. The van der Waals surface area contributed by atoms with Crippen molar-refractivity contribution in [1.29, 1.82) is 0 Å². The van der Waals surface area contributed by atoms with E-state index in [4.69, 9.17) is 11.6 Å². The molecule has 14 heavy (non-hydrogen) atoms. The van der Waals surface area contributed by atoms with Crippen molar-refractivity contribution in [3.63, 3.8) is 0 Å². The molecule has 1 heterocycles. The van der Waals surface area contributed by atoms with Crippen molar-refractivity contribution < 1.29 is 9.59 Å². The maximum Gasteiger partial charge on any atom is 0.235 e. The highest BCUT2D eigenvalue weighted by Crippen LogP contribution is 2.31. The first-order chi connectivity index (χ1) is 6.49. The Morgan fingerprint density at radius 3 is 2.43 bits per heavy atom. The van der Waals surface area contributed by atoms with E-state index in [-0.39, 0.29) is 11.8 Å². The molecule has 3 nitrogen and oxygen atoms in total. The highest BCUT2D eigenvalue weighted by molar-refractivity contribution is 6.17. The monoisotopic (exact) mass is 217 g/mol. The SMILES string of the molecule is CC1(C)CC(=O)N(CCCCCl)C1=O. The molecule has 1 rings (SSSR count). The van der Waals surface area contributed by atoms with Crippen molar-refractivity contribution in [2.24, 2.45) is 5.41 Å². The largest absolute Gasteiger partial charge is 0.282 e. The van der Waals surface area contributed by atoms with Crippen LogP contribution in [-0.4, -0.2) is 29.1 Å². The Balaban J connectivity index is 2.53. The number of carbonyl (C=O) groups excluding carboxylic acids is 2. The van der Waals surface area contributed by atoms with E-state index in [1.165, 1.54) is 4.90 Å². The number of carbonyl (C=O) groups is 2. The molecule has 0 spiro atoms. The molecule has 0 N–H and O–H groups in total. The van der Waals surface area contributed by atoms with Gasteiger partial charge in [-0.05, 0) is 12.8 Å². The number of halogens is 1. The van der Waals surface area contributed by atoms with E-state index in [0.717, 1.165) is 12.8 Å². The number of nitrogens with zero attached hydrogens (tertiary/aromatic N) is 1. The van der Waals surface area contributed by atoms with E-state index in [0.29, 0.717) is 18.8 Å². The van der Waals surface area contributed by atoms with Crippen LogP contribution in [0.4, 0.5) is 0 Å². The van der Waals surface area contributed by atoms with E-state index in [9.17, 15) is 9.59 Å². The summed E-state index contributed by atoms with van der Waals surface area (Å²) >= 11 is 5.53. The summed E-state index contributed by atoms with van der Waals surface area (Å²) in [6, 6.07) is 0. The quantitative estimate of drug-likeness (QED) is 0.409. The summed E-state index contributed by atoms with van der Waals surface area (Å²) in [6.07, 6.45) is 1.99. The molecule has 4 heteroatoms. The van der Waals surface area contributed by atoms with Crippen LogP contribution in [0.5, 0.6) is 0 Å². The van der Waals surface area contributed by atoms with Crippen LogP contribution in [0.1, 0.15) is 33.1 Å². The normalized spacial score (nSPS) is 20.6. The summed E-state index contributed by atoms with van der Waals surface area (Å²) < 4.78 is 0. The average Bonchev–Trinajstić information content (AvgIpc) is 2.27. The third kappa shape index (κ3) is 2.27. The Kier molecular flexibility index (Phi) is 3.53. The number of likely N-dealkylation sites (tertiary alicyclic amines) is 1. The average molecular weight is 218 g/mol. The van der Waals surface area contributed by atoms with Gasteiger partial charge in [0.15, 0.2) is 0 Å². The van der Waals surface area contributed by atoms with Crippen molar-refractivity contribution in [1.82, 2.24) is 4.90 Å². The topological polar surface area (TPSA) is 37.4 Å². The van der Waals surface area contributed by atoms with Gasteiger partial charge in [0.2, 0.25) is 11.8 Å². The molecule has 0 radical (unpaired) electrons. The lowest BCUT2D eigenvalue weighted by Crippen LogP contribution is -2.33. The number of hydrogen-bond acceptors (Lipinski definition) is 2. The van der Waals surface area contributed by atoms with Gasteiger partial charge in [-0.3, -0.25) is 14.5 Å². The second kappa shape index (κ2) is 4.30. The maximum atomic E-state index is 11.7. The van der Waals surface area contributed by atoms with E-state index in [1.807, 2.05) is 13.8 Å². The summed E-state index contributed by atoms with van der Waals surface area (Å²) in [5.41, 5.74) is -0.502. The van der Waals surface area contributed by atoms with Crippen molar-refractivity contribution in [2.45, 2.75) is 33.1 Å². The lowest BCUT2D eigenvalue weighted by atomic mass is 9.92. The fourth-order valence-electron chi connectivity index (χ4n) is 1.62. The van der Waals surface area contributed by atoms with Crippen LogP contribution < -0.4 is 0 Å². The maximum absolute atomic E-state index is 11.7. The Hall–Kier alpha value is -0.570. The first-order valence-electron chi connectivity index (χ1n) is 4.90. The van der Waals surface area contributed by atoms with Crippen LogP contribution >= 0.6 is 11.6 Å². The highest BCUT2D eigenvalue weighted by atomic mass is 35.5. The third-order valence-corrected chi connectivity index (χ3v) is 2.75. The second-order valence-electron chi connectivity index (χ2n) is 4.31. The van der Waals surface area contributed by atoms with Gasteiger partial charge in [-0.25, -0.2) is 0 Å². The van der Waals surface area contributed by atoms with Gasteiger partial charge in [0.25, 0.3) is 0 Å². The van der Waals surface area contributed by atoms with E-state index < -0.39 is 5.41 Å². The van der Waals surface area contributed by atoms with Crippen LogP contribution in [0.15, 0.2) is 0 Å². The molecule has 1 aliphatic rings. The molecule has 0 aromatic rings. The predicted octanol–water partition coefficient (Wildman–Crippen LogP) is 1.79. The molecular weight excluding hydrogens is 202 g/mol. The predicted molar refractivity (Wildman–Crippen MR) is 55.1 cm³/mol. The lowest BCUT2D eigenvalue weighted by Gasteiger charge is -2.17. The zero-order chi connectivity index (χ0) is 10.8. The number of hydrogen-bond donors (Lipinski definition) is 0. The molecule has 0 saturated carbocycles. The van der Waals surface area contributed by atoms with Gasteiger partial charge < -0.3 is 0 Å². The van der Waals surface area contributed by atoms with Gasteiger partial charge in [0.1, 0.15) is 0 Å². The fourth-order valence-corrected chi connectivity index (χ4v) is 1.81. The van der Waals surface area contributed by atoms with E-state index in [2.05, 4.69) is 0 Å². The highest BCUT2D eigenvalue weighted by Gasteiger charge is 2.44. The summed E-state index contributed by atoms with van der Waals surface area (Å²) in [7, 11) is 0. The first kappa shape index (κ1) is 11.5. The Morgan fingerprint density at radius 2 is 2.00 bits per heavy atom. The molecule has 1 saturated heterocycles. The molecule has 0 aromatic heterocycles. The molecule has 0 atom stereocenters. The molecule has 0 aliphatic carbocycles. The van der Waals surface area contributed by atoms with Gasteiger partial charge in [-0.1, -0.05) is 13.8 Å². The second-order valence-corrected chi connectivity index (χ2v) is 4.69. The van der Waals surface area contributed by atoms with Crippen molar-refractivity contribution >= 4 is 23.4 Å². The number of amides is 2. The molecule has 0 unspecified atom stereocenters. The van der Waals surface area contributed by atoms with Crippen LogP contribution in [-0.2, 0) is 9.59 Å². The van der Waals surface area contributed by atoms with Gasteiger partial charge in [0.05, 0.1) is 5.41 Å². The fraction of sp³-hybridized carbons (Fsp3) is 0.800. The minimum atomic E-state index is -0.502. The van der Waals surface area contributed by atoms with E-state index in [1.54, 1.807) is 0 Å². The van der Waals surface area contributed by atoms with Crippen LogP contribution in [0, 0.1) is 5.41 Å². The molecule has 0 aromatic carbocycles. The Labute approximate surface area is 89.4 Å². The first-order valence-corrected chi connectivity index (χ1v) is 5.43. The van der Waals surface area contributed by atoms with Gasteiger partial charge in [-0.2, -0.15) is 0 Å². The van der Waals surface area contributed by atoms with E-state index >= 15 is 0 Å². The van der Waals surface area contributed by atoms with Crippen LogP contribution in [0.2, 0.25) is 0 Å². The molecule has 80 valence electrons. The molecule has 1 aliphatic heterocycles. The van der Waals surface area contributed by atoms with Gasteiger partial charge in [0, 0.05) is 18.8 Å². The van der Waals surface area contributed by atoms with Crippen molar-refractivity contribution in [3.05, 3.63) is 0 Å². The minimum absolute atomic E-state index is 0.0444. The summed E-state index contributed by atoms with van der Waals surface area (Å²) in [5, 5.41) is 0. The lowest BCUT2D eigenvalue weighted by molar-refractivity contribution is -0.140. The zero-order valence-corrected chi connectivity index (χ0v) is 9.43. The van der Waals surface area contributed by atoms with Crippen LogP contribution in [0.25, 0.3) is 0 Å². The Morgan fingerprint density at radius 1 is 1.36 bits per heavy atom. The summed E-state index contributed by atoms with van der Waals surface area (Å²) in [6.45, 7) is 4.15. The number of rotatable bonds is 4. The van der Waals surface area contributed by atoms with Gasteiger partial charge >= 0.3 is 0 Å². The minimum Gasteiger partial charge on any atom is -0.282 e. The van der Waals surface area contributed by atoms with Crippen molar-refractivity contribution in [3.8, 4) is 0 Å². The van der Waals surface area contributed by atoms with Gasteiger partial charge in [-0.15, -0.1) is 11.6 Å². The number of imide groups is 1. The zero-order valence-electron chi connectivity index (χ0n) is 8.68. The van der Waals surface area contributed by atoms with Crippen molar-refractivity contribution in [2.75, 3.05) is 12.4 Å². The van der Waals surface area contributed by atoms with Crippen LogP contribution in [0.3, 0.4) is 0 Å². The molecule has 1 fully saturated rings. The number of unbranched alkanes of at least 4 members (excludes halogenated alkanes) is 1. The third-order valence-electron chi connectivity index (χ3n) is 2.48. The smallest absolute Gasteiger partial charge is 0.235 e. The standard InChI is InChI=1S/C10H16ClNO2/c1-10(2)7-8(13)12(9(10)14)6-4-3-5-11/h3-7H2,1-2H3.